The first-order chi connectivity index (χ1) is 10.1. The Morgan fingerprint density at radius 2 is 1.86 bits per heavy atom. The summed E-state index contributed by atoms with van der Waals surface area (Å²) in [6.07, 6.45) is 4.77. The number of thiocarbonyl (C=S) groups is 1. The lowest BCUT2D eigenvalue weighted by Gasteiger charge is -2.32. The van der Waals surface area contributed by atoms with Gasteiger partial charge in [0.05, 0.1) is 5.69 Å². The summed E-state index contributed by atoms with van der Waals surface area (Å²) >= 11 is 5.14. The molecule has 112 valence electrons. The molecule has 0 spiro atoms. The summed E-state index contributed by atoms with van der Waals surface area (Å²) in [7, 11) is 0. The Balaban J connectivity index is 2.10. The van der Waals surface area contributed by atoms with E-state index in [-0.39, 0.29) is 16.9 Å². The number of unbranched alkanes of at least 4 members (excludes halogenated alkanes) is 3. The summed E-state index contributed by atoms with van der Waals surface area (Å²) in [5, 5.41) is 2.81. The van der Waals surface area contributed by atoms with Gasteiger partial charge in [-0.05, 0) is 30.8 Å². The van der Waals surface area contributed by atoms with Gasteiger partial charge in [-0.25, -0.2) is 0 Å². The molecule has 0 aliphatic carbocycles. The van der Waals surface area contributed by atoms with Crippen LogP contribution in [0.5, 0.6) is 0 Å². The molecule has 0 saturated carbocycles. The number of carbonyl (C=O) groups is 2. The molecule has 4 nitrogen and oxygen atoms in total. The standard InChI is InChI=1S/C16H20N2O2S/c1-2-3-4-8-11-13-14(19)17-16(21)18(15(13)20)12-9-6-5-7-10-12/h5-7,9-10,13H,2-4,8,11H2,1H3,(H,17,19,21)/t13-/m0/s1. The maximum atomic E-state index is 12.6. The monoisotopic (exact) mass is 304 g/mol. The van der Waals surface area contributed by atoms with Crippen LogP contribution >= 0.6 is 12.2 Å². The molecule has 1 heterocycles. The van der Waals surface area contributed by atoms with Gasteiger partial charge in [0.1, 0.15) is 5.92 Å². The number of hydrogen-bond acceptors (Lipinski definition) is 3. The minimum absolute atomic E-state index is 0.168. The average molecular weight is 304 g/mol. The van der Waals surface area contributed by atoms with Crippen molar-refractivity contribution in [3.8, 4) is 0 Å². The third-order valence-electron chi connectivity index (χ3n) is 3.63. The third kappa shape index (κ3) is 3.67. The molecule has 1 N–H and O–H groups in total. The van der Waals surface area contributed by atoms with Crippen LogP contribution in [0.2, 0.25) is 0 Å². The van der Waals surface area contributed by atoms with E-state index >= 15 is 0 Å². The Morgan fingerprint density at radius 3 is 2.52 bits per heavy atom. The smallest absolute Gasteiger partial charge is 0.245 e. The van der Waals surface area contributed by atoms with Crippen LogP contribution in [0.25, 0.3) is 0 Å². The lowest BCUT2D eigenvalue weighted by atomic mass is 9.96. The highest BCUT2D eigenvalue weighted by Gasteiger charge is 2.38. The summed E-state index contributed by atoms with van der Waals surface area (Å²) in [5.74, 6) is -1.12. The fraction of sp³-hybridized carbons (Fsp3) is 0.438. The second-order valence-electron chi connectivity index (χ2n) is 5.21. The molecule has 0 bridgehead atoms. The molecule has 0 radical (unpaired) electrons. The van der Waals surface area contributed by atoms with E-state index in [0.29, 0.717) is 12.1 Å². The number of nitrogens with zero attached hydrogens (tertiary/aromatic N) is 1. The molecule has 0 aromatic heterocycles. The minimum Gasteiger partial charge on any atom is -0.302 e. The Bertz CT molecular complexity index is 530. The lowest BCUT2D eigenvalue weighted by Crippen LogP contribution is -2.58. The van der Waals surface area contributed by atoms with Gasteiger partial charge in [0.15, 0.2) is 5.11 Å². The second-order valence-corrected chi connectivity index (χ2v) is 5.59. The number of nitrogens with one attached hydrogen (secondary N) is 1. The maximum absolute atomic E-state index is 12.6. The van der Waals surface area contributed by atoms with E-state index in [1.807, 2.05) is 30.3 Å². The van der Waals surface area contributed by atoms with E-state index in [1.165, 1.54) is 4.90 Å². The zero-order valence-corrected chi connectivity index (χ0v) is 13.0. The molecule has 1 atom stereocenters. The largest absolute Gasteiger partial charge is 0.302 e. The molecule has 21 heavy (non-hydrogen) atoms. The van der Waals surface area contributed by atoms with Gasteiger partial charge in [-0.1, -0.05) is 50.8 Å². The zero-order valence-electron chi connectivity index (χ0n) is 12.2. The van der Waals surface area contributed by atoms with E-state index in [9.17, 15) is 9.59 Å². The van der Waals surface area contributed by atoms with Crippen molar-refractivity contribution in [3.63, 3.8) is 0 Å². The normalized spacial score (nSPS) is 18.8. The number of benzene rings is 1. The van der Waals surface area contributed by atoms with Crippen molar-refractivity contribution in [1.82, 2.24) is 5.32 Å². The third-order valence-corrected chi connectivity index (χ3v) is 3.91. The molecule has 5 heteroatoms. The number of carbonyl (C=O) groups excluding carboxylic acids is 2. The summed E-state index contributed by atoms with van der Waals surface area (Å²) in [6.45, 7) is 2.13. The Kier molecular flexibility index (Phi) is 5.44. The predicted octanol–water partition coefficient (Wildman–Crippen LogP) is 3.02. The quantitative estimate of drug-likeness (QED) is 0.499. The highest BCUT2D eigenvalue weighted by atomic mass is 32.1. The Labute approximate surface area is 130 Å². The van der Waals surface area contributed by atoms with Crippen LogP contribution in [0.3, 0.4) is 0 Å². The number of hydrogen-bond donors (Lipinski definition) is 1. The van der Waals surface area contributed by atoms with Gasteiger partial charge in [0.2, 0.25) is 11.8 Å². The predicted molar refractivity (Wildman–Crippen MR) is 86.9 cm³/mol. The van der Waals surface area contributed by atoms with Crippen LogP contribution in [-0.4, -0.2) is 16.9 Å². The van der Waals surface area contributed by atoms with Crippen LogP contribution < -0.4 is 10.2 Å². The van der Waals surface area contributed by atoms with Crippen LogP contribution in [0, 0.1) is 5.92 Å². The first-order valence-electron chi connectivity index (χ1n) is 7.39. The number of amides is 2. The van der Waals surface area contributed by atoms with Crippen molar-refractivity contribution in [2.24, 2.45) is 5.92 Å². The molecule has 1 aromatic rings. The van der Waals surface area contributed by atoms with Crippen LogP contribution in [-0.2, 0) is 9.59 Å². The minimum atomic E-state index is -0.631. The van der Waals surface area contributed by atoms with E-state index in [0.717, 1.165) is 25.7 Å². The van der Waals surface area contributed by atoms with E-state index < -0.39 is 5.92 Å². The highest BCUT2D eigenvalue weighted by molar-refractivity contribution is 7.80. The molecular weight excluding hydrogens is 284 g/mol. The van der Waals surface area contributed by atoms with Crippen molar-refractivity contribution in [3.05, 3.63) is 30.3 Å². The molecule has 1 aliphatic heterocycles. The van der Waals surface area contributed by atoms with Crippen molar-refractivity contribution >= 4 is 34.8 Å². The van der Waals surface area contributed by atoms with Gasteiger partial charge in [-0.15, -0.1) is 0 Å². The van der Waals surface area contributed by atoms with Gasteiger partial charge < -0.3 is 5.32 Å². The van der Waals surface area contributed by atoms with Crippen LogP contribution in [0.1, 0.15) is 39.0 Å². The molecule has 0 unspecified atom stereocenters. The first-order valence-corrected chi connectivity index (χ1v) is 7.79. The molecule has 2 amide bonds. The van der Waals surface area contributed by atoms with Crippen LogP contribution in [0.15, 0.2) is 30.3 Å². The molecule has 2 rings (SSSR count). The van der Waals surface area contributed by atoms with E-state index in [4.69, 9.17) is 12.2 Å². The Morgan fingerprint density at radius 1 is 1.14 bits per heavy atom. The number of para-hydroxylation sites is 1. The maximum Gasteiger partial charge on any atom is 0.245 e. The summed E-state index contributed by atoms with van der Waals surface area (Å²) in [5.41, 5.74) is 0.700. The number of rotatable bonds is 6. The lowest BCUT2D eigenvalue weighted by molar-refractivity contribution is -0.134. The summed E-state index contributed by atoms with van der Waals surface area (Å²) in [4.78, 5) is 26.0. The van der Waals surface area contributed by atoms with Crippen molar-refractivity contribution in [1.29, 1.82) is 0 Å². The van der Waals surface area contributed by atoms with Gasteiger partial charge in [0.25, 0.3) is 0 Å². The molecule has 1 saturated heterocycles. The number of anilines is 1. The molecular formula is C16H20N2O2S. The van der Waals surface area contributed by atoms with Gasteiger partial charge in [-0.3, -0.25) is 14.5 Å². The summed E-state index contributed by atoms with van der Waals surface area (Å²) < 4.78 is 0. The van der Waals surface area contributed by atoms with Crippen molar-refractivity contribution in [2.75, 3.05) is 4.90 Å². The van der Waals surface area contributed by atoms with E-state index in [1.54, 1.807) is 0 Å². The van der Waals surface area contributed by atoms with Crippen LogP contribution in [0.4, 0.5) is 5.69 Å². The molecule has 1 fully saturated rings. The van der Waals surface area contributed by atoms with Crippen molar-refractivity contribution in [2.45, 2.75) is 39.0 Å². The fourth-order valence-corrected chi connectivity index (χ4v) is 2.76. The Hall–Kier alpha value is -1.75. The van der Waals surface area contributed by atoms with E-state index in [2.05, 4.69) is 12.2 Å². The fourth-order valence-electron chi connectivity index (χ4n) is 2.47. The summed E-state index contributed by atoms with van der Waals surface area (Å²) in [6, 6.07) is 9.20. The van der Waals surface area contributed by atoms with Gasteiger partial charge in [0, 0.05) is 0 Å². The molecule has 1 aliphatic rings. The first kappa shape index (κ1) is 15.6. The topological polar surface area (TPSA) is 49.4 Å². The molecule has 1 aromatic carbocycles. The highest BCUT2D eigenvalue weighted by Crippen LogP contribution is 2.23. The van der Waals surface area contributed by atoms with Gasteiger partial charge >= 0.3 is 0 Å². The van der Waals surface area contributed by atoms with Crippen molar-refractivity contribution < 1.29 is 9.59 Å². The zero-order chi connectivity index (χ0) is 15.2. The second kappa shape index (κ2) is 7.31. The SMILES string of the molecule is CCCCCC[C@H]1C(=O)NC(=S)N(c2ccccc2)C1=O. The van der Waals surface area contributed by atoms with Gasteiger partial charge in [-0.2, -0.15) is 0 Å². The average Bonchev–Trinajstić information content (AvgIpc) is 2.47.